The van der Waals surface area contributed by atoms with Gasteiger partial charge in [0.1, 0.15) is 12.4 Å². The number of unbranched alkanes of at least 4 members (excludes halogenated alkanes) is 2. The summed E-state index contributed by atoms with van der Waals surface area (Å²) in [6.07, 6.45) is 3.92. The number of carbonyl (C=O) groups excluding carboxylic acids is 2. The Morgan fingerprint density at radius 1 is 0.789 bits per heavy atom. The Balaban J connectivity index is 0. The van der Waals surface area contributed by atoms with Crippen LogP contribution in [0.5, 0.6) is 0 Å². The lowest BCUT2D eigenvalue weighted by Gasteiger charge is -1.98. The molecule has 0 aromatic carbocycles. The van der Waals surface area contributed by atoms with Gasteiger partial charge in [0, 0.05) is 27.2 Å². The maximum Gasteiger partial charge on any atom is 0.155 e. The number of Topliss-reactive ketones (excluding diaryl/α,β-unsaturated/α-hetero) is 2. The first-order valence-electron chi connectivity index (χ1n) is 6.59. The van der Waals surface area contributed by atoms with Gasteiger partial charge >= 0.3 is 0 Å². The molecular formula is C14H28O5. The van der Waals surface area contributed by atoms with Crippen molar-refractivity contribution in [2.24, 2.45) is 0 Å². The van der Waals surface area contributed by atoms with Crippen LogP contribution in [0.25, 0.3) is 0 Å². The van der Waals surface area contributed by atoms with Crippen molar-refractivity contribution in [2.75, 3.05) is 40.6 Å². The van der Waals surface area contributed by atoms with Gasteiger partial charge in [-0.3, -0.25) is 4.79 Å². The van der Waals surface area contributed by atoms with E-state index in [2.05, 4.69) is 4.74 Å². The van der Waals surface area contributed by atoms with Gasteiger partial charge in [0.05, 0.1) is 13.2 Å². The highest BCUT2D eigenvalue weighted by atomic mass is 16.5. The van der Waals surface area contributed by atoms with Crippen molar-refractivity contribution in [2.45, 2.75) is 39.5 Å². The highest BCUT2D eigenvalue weighted by molar-refractivity contribution is 5.76. The summed E-state index contributed by atoms with van der Waals surface area (Å²) in [7, 11) is 3.29. The average molecular weight is 276 g/mol. The summed E-state index contributed by atoms with van der Waals surface area (Å²) in [6.45, 7) is 5.19. The molecule has 0 aliphatic rings. The molecular weight excluding hydrogens is 248 g/mol. The molecule has 0 amide bonds. The van der Waals surface area contributed by atoms with Crippen LogP contribution in [0.4, 0.5) is 0 Å². The van der Waals surface area contributed by atoms with Crippen molar-refractivity contribution in [3.63, 3.8) is 0 Å². The zero-order chi connectivity index (χ0) is 14.9. The van der Waals surface area contributed by atoms with Gasteiger partial charge in [-0.2, -0.15) is 0 Å². The lowest BCUT2D eigenvalue weighted by molar-refractivity contribution is -0.122. The molecule has 114 valence electrons. The third-order valence-corrected chi connectivity index (χ3v) is 2.11. The Morgan fingerprint density at radius 2 is 1.42 bits per heavy atom. The van der Waals surface area contributed by atoms with Crippen LogP contribution in [-0.4, -0.2) is 52.2 Å². The smallest absolute Gasteiger partial charge is 0.155 e. The standard InChI is InChI=1S/C8H16O2.C6H12O3/c1-8(9)6-4-3-5-7-10-2;1-6(7)5-9-4-3-8-2/h3-7H2,1-2H3;3-5H2,1-2H3. The normalized spacial score (nSPS) is 9.68. The van der Waals surface area contributed by atoms with E-state index in [1.807, 2.05) is 0 Å². The molecule has 0 aromatic heterocycles. The molecule has 0 bridgehead atoms. The summed E-state index contributed by atoms with van der Waals surface area (Å²) < 4.78 is 14.4. The molecule has 0 heterocycles. The van der Waals surface area contributed by atoms with E-state index in [0.717, 1.165) is 32.3 Å². The van der Waals surface area contributed by atoms with Crippen LogP contribution in [0.15, 0.2) is 0 Å². The van der Waals surface area contributed by atoms with Gasteiger partial charge in [-0.25, -0.2) is 0 Å². The molecule has 0 rings (SSSR count). The molecule has 0 fully saturated rings. The molecule has 0 atom stereocenters. The van der Waals surface area contributed by atoms with Gasteiger partial charge in [-0.15, -0.1) is 0 Å². The van der Waals surface area contributed by atoms with Crippen LogP contribution in [0, 0.1) is 0 Å². The quantitative estimate of drug-likeness (QED) is 0.540. The third kappa shape index (κ3) is 26.7. The van der Waals surface area contributed by atoms with Crippen LogP contribution in [0.3, 0.4) is 0 Å². The third-order valence-electron chi connectivity index (χ3n) is 2.11. The highest BCUT2D eigenvalue weighted by Crippen LogP contribution is 1.99. The van der Waals surface area contributed by atoms with Crippen LogP contribution in [-0.2, 0) is 23.8 Å². The second kappa shape index (κ2) is 17.2. The number of hydrogen-bond acceptors (Lipinski definition) is 5. The second-order valence-corrected chi connectivity index (χ2v) is 4.25. The van der Waals surface area contributed by atoms with Gasteiger partial charge in [0.25, 0.3) is 0 Å². The number of hydrogen-bond donors (Lipinski definition) is 0. The Kier molecular flexibility index (Phi) is 18.6. The molecule has 0 aliphatic heterocycles. The minimum Gasteiger partial charge on any atom is -0.385 e. The predicted molar refractivity (Wildman–Crippen MR) is 74.4 cm³/mol. The fraction of sp³-hybridized carbons (Fsp3) is 0.857. The molecule has 0 N–H and O–H groups in total. The largest absolute Gasteiger partial charge is 0.385 e. The summed E-state index contributed by atoms with van der Waals surface area (Å²) in [5, 5.41) is 0. The molecule has 0 saturated heterocycles. The topological polar surface area (TPSA) is 61.8 Å². The lowest BCUT2D eigenvalue weighted by atomic mass is 10.1. The Bertz CT molecular complexity index is 216. The van der Waals surface area contributed by atoms with Crippen molar-refractivity contribution in [3.8, 4) is 0 Å². The number of methoxy groups -OCH3 is 2. The van der Waals surface area contributed by atoms with Crippen molar-refractivity contribution in [1.82, 2.24) is 0 Å². The Labute approximate surface area is 116 Å². The Morgan fingerprint density at radius 3 is 1.89 bits per heavy atom. The zero-order valence-corrected chi connectivity index (χ0v) is 12.7. The summed E-state index contributed by atoms with van der Waals surface area (Å²) in [4.78, 5) is 20.7. The molecule has 0 aliphatic carbocycles. The van der Waals surface area contributed by atoms with E-state index >= 15 is 0 Å². The van der Waals surface area contributed by atoms with E-state index in [-0.39, 0.29) is 18.2 Å². The van der Waals surface area contributed by atoms with E-state index < -0.39 is 0 Å². The van der Waals surface area contributed by atoms with E-state index in [1.165, 1.54) is 6.92 Å². The Hall–Kier alpha value is -0.780. The SMILES string of the molecule is COCCCCCC(C)=O.COCCOCC(C)=O. The minimum absolute atomic E-state index is 0.0473. The molecule has 19 heavy (non-hydrogen) atoms. The predicted octanol–water partition coefficient (Wildman–Crippen LogP) is 2.02. The van der Waals surface area contributed by atoms with E-state index in [1.54, 1.807) is 21.1 Å². The number of ketones is 2. The van der Waals surface area contributed by atoms with E-state index in [0.29, 0.717) is 13.2 Å². The minimum atomic E-state index is 0.0473. The maximum absolute atomic E-state index is 10.4. The van der Waals surface area contributed by atoms with E-state index in [9.17, 15) is 9.59 Å². The first-order chi connectivity index (χ1) is 9.04. The summed E-state index contributed by atoms with van der Waals surface area (Å²) in [6, 6.07) is 0. The average Bonchev–Trinajstić information content (AvgIpc) is 2.35. The van der Waals surface area contributed by atoms with Crippen molar-refractivity contribution in [3.05, 3.63) is 0 Å². The highest BCUT2D eigenvalue weighted by Gasteiger charge is 1.92. The monoisotopic (exact) mass is 276 g/mol. The molecule has 0 spiro atoms. The first kappa shape index (κ1) is 20.5. The summed E-state index contributed by atoms with van der Waals surface area (Å²) in [5.41, 5.74) is 0. The maximum atomic E-state index is 10.4. The van der Waals surface area contributed by atoms with Gasteiger partial charge in [0.15, 0.2) is 5.78 Å². The molecule has 0 aromatic rings. The number of carbonyl (C=O) groups is 2. The van der Waals surface area contributed by atoms with Crippen molar-refractivity contribution >= 4 is 11.6 Å². The number of ether oxygens (including phenoxy) is 3. The van der Waals surface area contributed by atoms with Crippen LogP contribution >= 0.6 is 0 Å². The molecule has 5 heteroatoms. The van der Waals surface area contributed by atoms with Crippen LogP contribution < -0.4 is 0 Å². The van der Waals surface area contributed by atoms with Crippen LogP contribution in [0.2, 0.25) is 0 Å². The second-order valence-electron chi connectivity index (χ2n) is 4.25. The first-order valence-corrected chi connectivity index (χ1v) is 6.59. The van der Waals surface area contributed by atoms with Gasteiger partial charge in [-0.1, -0.05) is 6.42 Å². The van der Waals surface area contributed by atoms with Gasteiger partial charge < -0.3 is 19.0 Å². The fourth-order valence-electron chi connectivity index (χ4n) is 1.16. The van der Waals surface area contributed by atoms with E-state index in [4.69, 9.17) is 9.47 Å². The molecule has 5 nitrogen and oxygen atoms in total. The van der Waals surface area contributed by atoms with Crippen molar-refractivity contribution < 1.29 is 23.8 Å². The lowest BCUT2D eigenvalue weighted by Crippen LogP contribution is -2.08. The molecule has 0 unspecified atom stereocenters. The molecule has 0 saturated carbocycles. The van der Waals surface area contributed by atoms with Crippen molar-refractivity contribution in [1.29, 1.82) is 0 Å². The summed E-state index contributed by atoms with van der Waals surface area (Å²) >= 11 is 0. The van der Waals surface area contributed by atoms with Gasteiger partial charge in [-0.05, 0) is 26.7 Å². The fourth-order valence-corrected chi connectivity index (χ4v) is 1.16. The number of rotatable bonds is 11. The molecule has 0 radical (unpaired) electrons. The van der Waals surface area contributed by atoms with Gasteiger partial charge in [0.2, 0.25) is 0 Å². The summed E-state index contributed by atoms with van der Waals surface area (Å²) in [5.74, 6) is 0.337. The zero-order valence-electron chi connectivity index (χ0n) is 12.7. The van der Waals surface area contributed by atoms with Crippen LogP contribution in [0.1, 0.15) is 39.5 Å².